The topological polar surface area (TPSA) is 152 Å². The number of aromatic hydroxyl groups is 3. The number of Topliss-reactive ketones (excluding diaryl/α,β-unsaturated/α-hetero) is 3. The van der Waals surface area contributed by atoms with Crippen molar-refractivity contribution in [2.45, 2.75) is 53.9 Å². The third-order valence-corrected chi connectivity index (χ3v) is 5.43. The van der Waals surface area contributed by atoms with E-state index in [1.807, 2.05) is 0 Å². The Morgan fingerprint density at radius 2 is 1.50 bits per heavy atom. The zero-order chi connectivity index (χ0) is 23.1. The lowest BCUT2D eigenvalue weighted by Gasteiger charge is -2.31. The van der Waals surface area contributed by atoms with Gasteiger partial charge in [0, 0.05) is 29.5 Å². The fraction of sp³-hybridized carbons (Fsp3) is 0.409. The van der Waals surface area contributed by atoms with Crippen LogP contribution in [0.2, 0.25) is 0 Å². The van der Waals surface area contributed by atoms with E-state index < -0.39 is 63.5 Å². The van der Waals surface area contributed by atoms with Crippen LogP contribution in [0.15, 0.2) is 22.7 Å². The number of aliphatic hydroxyl groups excluding tert-OH is 2. The lowest BCUT2D eigenvalue weighted by atomic mass is 9.74. The Kier molecular flexibility index (Phi) is 6.02. The van der Waals surface area contributed by atoms with Gasteiger partial charge in [0.25, 0.3) is 0 Å². The van der Waals surface area contributed by atoms with E-state index in [2.05, 4.69) is 0 Å². The van der Waals surface area contributed by atoms with Crippen LogP contribution in [0.5, 0.6) is 17.2 Å². The van der Waals surface area contributed by atoms with Crippen LogP contribution < -0.4 is 0 Å². The highest BCUT2D eigenvalue weighted by Crippen LogP contribution is 2.46. The van der Waals surface area contributed by atoms with Crippen molar-refractivity contribution in [1.82, 2.24) is 0 Å². The number of carbonyl (C=O) groups is 3. The van der Waals surface area contributed by atoms with Gasteiger partial charge in [0.15, 0.2) is 17.3 Å². The van der Waals surface area contributed by atoms with Crippen LogP contribution in [0.1, 0.15) is 62.0 Å². The minimum atomic E-state index is -1.46. The quantitative estimate of drug-likeness (QED) is 0.348. The van der Waals surface area contributed by atoms with Gasteiger partial charge in [-0.3, -0.25) is 14.4 Å². The first-order valence-electron chi connectivity index (χ1n) is 9.50. The van der Waals surface area contributed by atoms with E-state index in [1.54, 1.807) is 6.92 Å². The zero-order valence-corrected chi connectivity index (χ0v) is 17.6. The second-order valence-corrected chi connectivity index (χ2v) is 7.94. The van der Waals surface area contributed by atoms with Crippen LogP contribution in [-0.2, 0) is 16.0 Å². The van der Waals surface area contributed by atoms with E-state index in [0.29, 0.717) is 6.42 Å². The van der Waals surface area contributed by atoms with E-state index in [4.69, 9.17) is 0 Å². The molecule has 0 heterocycles. The van der Waals surface area contributed by atoms with Gasteiger partial charge >= 0.3 is 0 Å². The summed E-state index contributed by atoms with van der Waals surface area (Å²) in [4.78, 5) is 37.2. The Morgan fingerprint density at radius 1 is 0.933 bits per heavy atom. The predicted molar refractivity (Wildman–Crippen MR) is 108 cm³/mol. The molecule has 1 aromatic rings. The SMILES string of the molecule is CCCC(=O)c1c(O)c(C)c(O)c(CC2=C(O)C(C)(C)C(O)=C(C(C)=O)C2=O)c1O. The van der Waals surface area contributed by atoms with Crippen molar-refractivity contribution in [2.75, 3.05) is 0 Å². The molecule has 0 unspecified atom stereocenters. The van der Waals surface area contributed by atoms with Crippen molar-refractivity contribution in [3.63, 3.8) is 0 Å². The summed E-state index contributed by atoms with van der Waals surface area (Å²) in [6, 6.07) is 0. The van der Waals surface area contributed by atoms with Crippen LogP contribution in [0.4, 0.5) is 0 Å². The van der Waals surface area contributed by atoms with Crippen LogP contribution in [0.25, 0.3) is 0 Å². The fourth-order valence-corrected chi connectivity index (χ4v) is 3.52. The lowest BCUT2D eigenvalue weighted by molar-refractivity contribution is -0.119. The highest BCUT2D eigenvalue weighted by atomic mass is 16.3. The highest BCUT2D eigenvalue weighted by Gasteiger charge is 2.43. The molecule has 1 aliphatic rings. The normalized spacial score (nSPS) is 16.2. The van der Waals surface area contributed by atoms with Crippen LogP contribution >= 0.6 is 0 Å². The first-order valence-corrected chi connectivity index (χ1v) is 9.50. The molecular weight excluding hydrogens is 392 g/mol. The standard InChI is InChI=1S/C22H26O8/c1-6-7-13(24)15-17(26)9(2)16(25)11(18(15)27)8-12-19(28)14(10(3)23)21(30)22(4,5)20(12)29/h25-27,29-30H,6-8H2,1-5H3. The molecule has 30 heavy (non-hydrogen) atoms. The molecule has 0 atom stereocenters. The summed E-state index contributed by atoms with van der Waals surface area (Å²) >= 11 is 0. The molecule has 1 aliphatic carbocycles. The average Bonchev–Trinajstić information content (AvgIpc) is 2.65. The molecule has 8 nitrogen and oxygen atoms in total. The number of phenolic OH excluding ortho intramolecular Hbond substituents is 3. The third kappa shape index (κ3) is 3.42. The largest absolute Gasteiger partial charge is 0.511 e. The summed E-state index contributed by atoms with van der Waals surface area (Å²) in [5.41, 5.74) is -2.97. The molecule has 0 radical (unpaired) electrons. The number of phenols is 3. The van der Waals surface area contributed by atoms with Gasteiger partial charge < -0.3 is 25.5 Å². The second kappa shape index (κ2) is 7.85. The summed E-state index contributed by atoms with van der Waals surface area (Å²) < 4.78 is 0. The minimum absolute atomic E-state index is 0.0375. The number of carbonyl (C=O) groups excluding carboxylic acids is 3. The van der Waals surface area contributed by atoms with Crippen LogP contribution in [0.3, 0.4) is 0 Å². The molecular formula is C22H26O8. The molecule has 0 amide bonds. The smallest absolute Gasteiger partial charge is 0.199 e. The Morgan fingerprint density at radius 3 is 2.00 bits per heavy atom. The number of benzene rings is 1. The summed E-state index contributed by atoms with van der Waals surface area (Å²) in [5, 5.41) is 52.4. The highest BCUT2D eigenvalue weighted by molar-refractivity contribution is 6.27. The Balaban J connectivity index is 2.73. The molecule has 0 aromatic heterocycles. The molecule has 8 heteroatoms. The third-order valence-electron chi connectivity index (χ3n) is 5.43. The number of allylic oxidation sites excluding steroid dienone is 2. The molecule has 1 aromatic carbocycles. The number of hydrogen-bond acceptors (Lipinski definition) is 8. The maximum Gasteiger partial charge on any atom is 0.199 e. The van der Waals surface area contributed by atoms with E-state index >= 15 is 0 Å². The Bertz CT molecular complexity index is 1020. The van der Waals surface area contributed by atoms with Gasteiger partial charge in [-0.1, -0.05) is 6.92 Å². The molecule has 162 valence electrons. The predicted octanol–water partition coefficient (Wildman–Crippen LogP) is 3.46. The number of hydrogen-bond donors (Lipinski definition) is 5. The van der Waals surface area contributed by atoms with Gasteiger partial charge in [0.2, 0.25) is 0 Å². The fourth-order valence-electron chi connectivity index (χ4n) is 3.52. The summed E-state index contributed by atoms with van der Waals surface area (Å²) in [7, 11) is 0. The van der Waals surface area contributed by atoms with Crippen molar-refractivity contribution >= 4 is 17.3 Å². The Hall–Kier alpha value is -3.29. The van der Waals surface area contributed by atoms with Gasteiger partial charge in [-0.2, -0.15) is 0 Å². The lowest BCUT2D eigenvalue weighted by Crippen LogP contribution is -2.33. The molecule has 5 N–H and O–H groups in total. The van der Waals surface area contributed by atoms with Gasteiger partial charge in [-0.25, -0.2) is 0 Å². The van der Waals surface area contributed by atoms with E-state index in [9.17, 15) is 39.9 Å². The molecule has 0 bridgehead atoms. The molecule has 0 spiro atoms. The maximum atomic E-state index is 12.8. The van der Waals surface area contributed by atoms with Crippen molar-refractivity contribution in [3.05, 3.63) is 39.4 Å². The number of ketones is 3. The zero-order valence-electron chi connectivity index (χ0n) is 17.6. The second-order valence-electron chi connectivity index (χ2n) is 7.94. The first kappa shape index (κ1) is 23.0. The Labute approximate surface area is 173 Å². The molecule has 2 rings (SSSR count). The molecule has 0 fully saturated rings. The van der Waals surface area contributed by atoms with Crippen molar-refractivity contribution < 1.29 is 39.9 Å². The van der Waals surface area contributed by atoms with Crippen molar-refractivity contribution in [1.29, 1.82) is 0 Å². The van der Waals surface area contributed by atoms with Gasteiger partial charge in [-0.05, 0) is 34.1 Å². The molecule has 0 saturated carbocycles. The summed E-state index contributed by atoms with van der Waals surface area (Å²) in [6.45, 7) is 6.99. The summed E-state index contributed by atoms with van der Waals surface area (Å²) in [5.74, 6) is -5.12. The van der Waals surface area contributed by atoms with Crippen LogP contribution in [0, 0.1) is 12.3 Å². The van der Waals surface area contributed by atoms with Gasteiger partial charge in [0.05, 0.1) is 5.41 Å². The minimum Gasteiger partial charge on any atom is -0.511 e. The maximum absolute atomic E-state index is 12.8. The average molecular weight is 418 g/mol. The first-order chi connectivity index (χ1) is 13.8. The molecule has 0 saturated heterocycles. The number of aliphatic hydroxyl groups is 2. The monoisotopic (exact) mass is 418 g/mol. The van der Waals surface area contributed by atoms with Crippen LogP contribution in [-0.4, -0.2) is 42.9 Å². The van der Waals surface area contributed by atoms with Crippen molar-refractivity contribution in [3.8, 4) is 17.2 Å². The number of rotatable bonds is 6. The van der Waals surface area contributed by atoms with E-state index in [0.717, 1.165) is 6.92 Å². The van der Waals surface area contributed by atoms with Crippen molar-refractivity contribution in [2.24, 2.45) is 5.41 Å². The molecule has 0 aliphatic heterocycles. The van der Waals surface area contributed by atoms with E-state index in [-0.39, 0.29) is 28.7 Å². The van der Waals surface area contributed by atoms with E-state index in [1.165, 1.54) is 20.8 Å². The summed E-state index contributed by atoms with van der Waals surface area (Å²) in [6.07, 6.45) is -0.0310. The van der Waals surface area contributed by atoms with Gasteiger partial charge in [0.1, 0.15) is 39.9 Å². The van der Waals surface area contributed by atoms with Gasteiger partial charge in [-0.15, -0.1) is 0 Å².